The highest BCUT2D eigenvalue weighted by molar-refractivity contribution is 6.30. The summed E-state index contributed by atoms with van der Waals surface area (Å²) in [5, 5.41) is 7.44. The Balaban J connectivity index is 1.54. The molecule has 0 aliphatic carbocycles. The fraction of sp³-hybridized carbons (Fsp3) is 0.353. The van der Waals surface area contributed by atoms with Gasteiger partial charge in [0, 0.05) is 36.3 Å². The van der Waals surface area contributed by atoms with Crippen LogP contribution in [-0.4, -0.2) is 45.8 Å². The van der Waals surface area contributed by atoms with Gasteiger partial charge < -0.3 is 10.2 Å². The molecule has 10 heteroatoms. The van der Waals surface area contributed by atoms with E-state index in [-0.39, 0.29) is 19.5 Å². The van der Waals surface area contributed by atoms with Crippen LogP contribution in [0.4, 0.5) is 13.2 Å². The number of hydrogen-bond donors (Lipinski definition) is 1. The van der Waals surface area contributed by atoms with Gasteiger partial charge in [0.15, 0.2) is 0 Å². The van der Waals surface area contributed by atoms with E-state index in [9.17, 15) is 22.8 Å². The molecule has 1 saturated heterocycles. The molecule has 6 nitrogen and oxygen atoms in total. The van der Waals surface area contributed by atoms with Gasteiger partial charge in [0.2, 0.25) is 11.8 Å². The first kappa shape index (κ1) is 19.2. The lowest BCUT2D eigenvalue weighted by Gasteiger charge is -2.18. The molecule has 2 amide bonds. The number of carbonyl (C=O) groups excluding carboxylic acids is 2. The Hall–Kier alpha value is -2.55. The molecule has 1 aromatic carbocycles. The van der Waals surface area contributed by atoms with Crippen LogP contribution in [0.2, 0.25) is 5.02 Å². The molecule has 27 heavy (non-hydrogen) atoms. The Labute approximate surface area is 157 Å². The van der Waals surface area contributed by atoms with Crippen LogP contribution in [0.15, 0.2) is 36.7 Å². The standard InChI is InChI=1S/C17H16ClF3N4O2/c18-13-1-3-14(4-2-13)25-8-11(7-23-25)6-22-16(27)12-5-15(26)24(9-12)10-17(19,20)21/h1-4,7-8,12H,5-6,9-10H2,(H,22,27). The molecule has 0 radical (unpaired) electrons. The molecule has 0 spiro atoms. The van der Waals surface area contributed by atoms with Gasteiger partial charge in [-0.1, -0.05) is 11.6 Å². The number of amides is 2. The van der Waals surface area contributed by atoms with Crippen LogP contribution in [0.5, 0.6) is 0 Å². The summed E-state index contributed by atoms with van der Waals surface area (Å²) in [6, 6.07) is 7.03. The number of rotatable bonds is 5. The van der Waals surface area contributed by atoms with Crippen molar-refractivity contribution in [1.82, 2.24) is 20.0 Å². The van der Waals surface area contributed by atoms with Crippen molar-refractivity contribution in [3.8, 4) is 5.69 Å². The van der Waals surface area contributed by atoms with E-state index in [1.807, 2.05) is 0 Å². The Morgan fingerprint density at radius 2 is 2.00 bits per heavy atom. The van der Waals surface area contributed by atoms with Crippen molar-refractivity contribution in [3.63, 3.8) is 0 Å². The normalized spacial score (nSPS) is 17.4. The molecule has 1 aliphatic heterocycles. The van der Waals surface area contributed by atoms with E-state index in [1.54, 1.807) is 41.3 Å². The smallest absolute Gasteiger partial charge is 0.352 e. The zero-order chi connectivity index (χ0) is 19.6. The van der Waals surface area contributed by atoms with Crippen LogP contribution in [-0.2, 0) is 16.1 Å². The van der Waals surface area contributed by atoms with Gasteiger partial charge in [-0.3, -0.25) is 9.59 Å². The number of hydrogen-bond acceptors (Lipinski definition) is 3. The second kappa shape index (κ2) is 7.59. The third-order valence-electron chi connectivity index (χ3n) is 4.15. The molecule has 1 aliphatic rings. The van der Waals surface area contributed by atoms with Gasteiger partial charge in [-0.05, 0) is 24.3 Å². The van der Waals surface area contributed by atoms with Crippen molar-refractivity contribution in [2.24, 2.45) is 5.92 Å². The van der Waals surface area contributed by atoms with E-state index in [0.717, 1.165) is 11.3 Å². The maximum Gasteiger partial charge on any atom is 0.406 e. The van der Waals surface area contributed by atoms with Crippen LogP contribution in [0.25, 0.3) is 5.69 Å². The molecule has 0 bridgehead atoms. The minimum absolute atomic E-state index is 0.163. The molecule has 1 atom stereocenters. The van der Waals surface area contributed by atoms with Crippen LogP contribution in [0, 0.1) is 5.92 Å². The lowest BCUT2D eigenvalue weighted by Crippen LogP contribution is -2.37. The van der Waals surface area contributed by atoms with Gasteiger partial charge in [-0.25, -0.2) is 4.68 Å². The Morgan fingerprint density at radius 1 is 1.30 bits per heavy atom. The van der Waals surface area contributed by atoms with E-state index < -0.39 is 30.5 Å². The highest BCUT2D eigenvalue weighted by Gasteiger charge is 2.40. The molecule has 1 fully saturated rings. The molecule has 1 aromatic heterocycles. The van der Waals surface area contributed by atoms with Gasteiger partial charge in [-0.2, -0.15) is 18.3 Å². The number of benzene rings is 1. The molecule has 1 N–H and O–H groups in total. The minimum Gasteiger partial charge on any atom is -0.352 e. The third-order valence-corrected chi connectivity index (χ3v) is 4.40. The second-order valence-corrected chi connectivity index (χ2v) is 6.71. The molecule has 1 unspecified atom stereocenters. The number of carbonyl (C=O) groups is 2. The first-order chi connectivity index (χ1) is 12.7. The summed E-state index contributed by atoms with van der Waals surface area (Å²) in [7, 11) is 0. The summed E-state index contributed by atoms with van der Waals surface area (Å²) in [6.45, 7) is -1.39. The fourth-order valence-corrected chi connectivity index (χ4v) is 2.96. The fourth-order valence-electron chi connectivity index (χ4n) is 2.84. The zero-order valence-electron chi connectivity index (χ0n) is 14.0. The summed E-state index contributed by atoms with van der Waals surface area (Å²) < 4.78 is 38.9. The van der Waals surface area contributed by atoms with Gasteiger partial charge in [0.05, 0.1) is 17.8 Å². The lowest BCUT2D eigenvalue weighted by atomic mass is 10.1. The summed E-state index contributed by atoms with van der Waals surface area (Å²) in [5.41, 5.74) is 1.51. The first-order valence-corrected chi connectivity index (χ1v) is 8.51. The van der Waals surface area contributed by atoms with Gasteiger partial charge in [0.1, 0.15) is 6.54 Å². The molecule has 3 rings (SSSR count). The van der Waals surface area contributed by atoms with Gasteiger partial charge >= 0.3 is 6.18 Å². The van der Waals surface area contributed by atoms with E-state index >= 15 is 0 Å². The number of aromatic nitrogens is 2. The van der Waals surface area contributed by atoms with Crippen LogP contribution < -0.4 is 5.32 Å². The molecule has 2 heterocycles. The quantitative estimate of drug-likeness (QED) is 0.838. The predicted octanol–water partition coefficient (Wildman–Crippen LogP) is 2.55. The Morgan fingerprint density at radius 3 is 2.67 bits per heavy atom. The van der Waals surface area contributed by atoms with Crippen molar-refractivity contribution < 1.29 is 22.8 Å². The average molecular weight is 401 g/mol. The van der Waals surface area contributed by atoms with Crippen LogP contribution in [0.1, 0.15) is 12.0 Å². The summed E-state index contributed by atoms with van der Waals surface area (Å²) in [4.78, 5) is 24.5. The van der Waals surface area contributed by atoms with Crippen molar-refractivity contribution >= 4 is 23.4 Å². The highest BCUT2D eigenvalue weighted by Crippen LogP contribution is 2.24. The number of alkyl halides is 3. The molecule has 2 aromatic rings. The largest absolute Gasteiger partial charge is 0.406 e. The molecular formula is C17H16ClF3N4O2. The van der Waals surface area contributed by atoms with E-state index in [2.05, 4.69) is 10.4 Å². The summed E-state index contributed by atoms with van der Waals surface area (Å²) in [6.07, 6.45) is -1.40. The maximum atomic E-state index is 12.4. The van der Waals surface area contributed by atoms with E-state index in [4.69, 9.17) is 11.6 Å². The summed E-state index contributed by atoms with van der Waals surface area (Å²) >= 11 is 5.84. The van der Waals surface area contributed by atoms with E-state index in [1.165, 1.54) is 0 Å². The Kier molecular flexibility index (Phi) is 5.41. The predicted molar refractivity (Wildman–Crippen MR) is 91.2 cm³/mol. The van der Waals surface area contributed by atoms with Crippen LogP contribution in [0.3, 0.4) is 0 Å². The number of likely N-dealkylation sites (tertiary alicyclic amines) is 1. The lowest BCUT2D eigenvalue weighted by molar-refractivity contribution is -0.157. The van der Waals surface area contributed by atoms with Crippen molar-refractivity contribution in [2.45, 2.75) is 19.1 Å². The van der Waals surface area contributed by atoms with Gasteiger partial charge in [0.25, 0.3) is 0 Å². The monoisotopic (exact) mass is 400 g/mol. The average Bonchev–Trinajstić information content (AvgIpc) is 3.19. The SMILES string of the molecule is O=C(NCc1cnn(-c2ccc(Cl)cc2)c1)C1CC(=O)N(CC(F)(F)F)C1. The van der Waals surface area contributed by atoms with Gasteiger partial charge in [-0.15, -0.1) is 0 Å². The molecule has 144 valence electrons. The van der Waals surface area contributed by atoms with Crippen LogP contribution >= 0.6 is 11.6 Å². The number of nitrogens with one attached hydrogen (secondary N) is 1. The topological polar surface area (TPSA) is 67.2 Å². The maximum absolute atomic E-state index is 12.4. The Bertz CT molecular complexity index is 835. The van der Waals surface area contributed by atoms with E-state index in [0.29, 0.717) is 9.92 Å². The van der Waals surface area contributed by atoms with Crippen molar-refractivity contribution in [2.75, 3.05) is 13.1 Å². The molecular weight excluding hydrogens is 385 g/mol. The van der Waals surface area contributed by atoms with Crippen molar-refractivity contribution in [3.05, 3.63) is 47.2 Å². The first-order valence-electron chi connectivity index (χ1n) is 8.13. The van der Waals surface area contributed by atoms with Crippen molar-refractivity contribution in [1.29, 1.82) is 0 Å². The minimum atomic E-state index is -4.47. The molecule has 0 saturated carbocycles. The highest BCUT2D eigenvalue weighted by atomic mass is 35.5. The zero-order valence-corrected chi connectivity index (χ0v) is 14.8. The number of halogens is 4. The summed E-state index contributed by atoms with van der Waals surface area (Å²) in [5.74, 6) is -1.90. The second-order valence-electron chi connectivity index (χ2n) is 6.28. The number of nitrogens with zero attached hydrogens (tertiary/aromatic N) is 3. The third kappa shape index (κ3) is 5.00.